The molecule has 2 heterocycles. The molecule has 8 heteroatoms. The number of fused-ring (bicyclic) bond motifs is 1. The van der Waals surface area contributed by atoms with E-state index in [-0.39, 0.29) is 12.0 Å². The molecule has 3 aromatic rings. The molecule has 102 valence electrons. The first-order valence-electron chi connectivity index (χ1n) is 5.87. The van der Waals surface area contributed by atoms with Gasteiger partial charge >= 0.3 is 18.0 Å². The Morgan fingerprint density at radius 1 is 1.40 bits per heavy atom. The monoisotopic (exact) mass is 274 g/mol. The van der Waals surface area contributed by atoms with E-state index in [1.165, 1.54) is 6.39 Å². The van der Waals surface area contributed by atoms with E-state index in [1.807, 2.05) is 0 Å². The maximum absolute atomic E-state index is 11.6. The van der Waals surface area contributed by atoms with E-state index in [0.29, 0.717) is 23.3 Å². The second kappa shape index (κ2) is 5.00. The van der Waals surface area contributed by atoms with Crippen molar-refractivity contribution in [3.05, 3.63) is 30.2 Å². The van der Waals surface area contributed by atoms with Crippen LogP contribution in [-0.4, -0.2) is 27.8 Å². The van der Waals surface area contributed by atoms with E-state index >= 15 is 0 Å². The lowest BCUT2D eigenvalue weighted by molar-refractivity contribution is 0.0526. The van der Waals surface area contributed by atoms with Gasteiger partial charge in [0.2, 0.25) is 6.39 Å². The van der Waals surface area contributed by atoms with Gasteiger partial charge < -0.3 is 13.6 Å². The standard InChI is InChI=1S/C12H10N4O4/c1-2-18-10(17)7-3-4-8-9(5-7)20-11(14-8)15-12-16-13-6-19-12/h3-6H,2H2,1H3,(H,14,15,16). The number of hydrogen-bond acceptors (Lipinski definition) is 8. The molecule has 1 N–H and O–H groups in total. The van der Waals surface area contributed by atoms with Crippen molar-refractivity contribution in [3.8, 4) is 0 Å². The molecule has 0 fully saturated rings. The van der Waals surface area contributed by atoms with Crippen LogP contribution in [0.5, 0.6) is 0 Å². The first-order valence-corrected chi connectivity index (χ1v) is 5.87. The van der Waals surface area contributed by atoms with Gasteiger partial charge in [-0.3, -0.25) is 5.32 Å². The van der Waals surface area contributed by atoms with E-state index in [2.05, 4.69) is 20.5 Å². The number of ether oxygens (including phenoxy) is 1. The van der Waals surface area contributed by atoms with Crippen molar-refractivity contribution in [2.45, 2.75) is 6.92 Å². The summed E-state index contributed by atoms with van der Waals surface area (Å²) >= 11 is 0. The number of nitrogens with zero attached hydrogens (tertiary/aromatic N) is 3. The van der Waals surface area contributed by atoms with E-state index in [9.17, 15) is 4.79 Å². The summed E-state index contributed by atoms with van der Waals surface area (Å²) < 4.78 is 15.3. The number of carbonyl (C=O) groups is 1. The summed E-state index contributed by atoms with van der Waals surface area (Å²) in [5, 5.41) is 9.88. The van der Waals surface area contributed by atoms with Crippen molar-refractivity contribution in [1.29, 1.82) is 0 Å². The number of anilines is 2. The van der Waals surface area contributed by atoms with Crippen LogP contribution in [0.25, 0.3) is 11.1 Å². The summed E-state index contributed by atoms with van der Waals surface area (Å²) in [5.41, 5.74) is 1.46. The molecule has 8 nitrogen and oxygen atoms in total. The lowest BCUT2D eigenvalue weighted by Crippen LogP contribution is -2.03. The Morgan fingerprint density at radius 2 is 2.30 bits per heavy atom. The summed E-state index contributed by atoms with van der Waals surface area (Å²) in [4.78, 5) is 15.8. The van der Waals surface area contributed by atoms with Gasteiger partial charge in [0.1, 0.15) is 5.52 Å². The average Bonchev–Trinajstić information content (AvgIpc) is 3.07. The van der Waals surface area contributed by atoms with E-state index < -0.39 is 5.97 Å². The smallest absolute Gasteiger partial charge is 0.338 e. The number of nitrogens with one attached hydrogen (secondary N) is 1. The lowest BCUT2D eigenvalue weighted by atomic mass is 10.2. The van der Waals surface area contributed by atoms with Crippen molar-refractivity contribution in [2.24, 2.45) is 0 Å². The molecule has 0 spiro atoms. The molecular formula is C12H10N4O4. The highest BCUT2D eigenvalue weighted by atomic mass is 16.5. The Labute approximate surface area is 112 Å². The Morgan fingerprint density at radius 3 is 3.05 bits per heavy atom. The van der Waals surface area contributed by atoms with Crippen LogP contribution in [0, 0.1) is 0 Å². The maximum Gasteiger partial charge on any atom is 0.338 e. The van der Waals surface area contributed by atoms with Gasteiger partial charge in [0, 0.05) is 0 Å². The molecule has 0 amide bonds. The lowest BCUT2D eigenvalue weighted by Gasteiger charge is -2.00. The largest absolute Gasteiger partial charge is 0.462 e. The summed E-state index contributed by atoms with van der Waals surface area (Å²) in [6, 6.07) is 5.23. The van der Waals surface area contributed by atoms with Crippen molar-refractivity contribution in [3.63, 3.8) is 0 Å². The molecular weight excluding hydrogens is 264 g/mol. The van der Waals surface area contributed by atoms with E-state index in [4.69, 9.17) is 13.6 Å². The molecule has 0 aliphatic carbocycles. The highest BCUT2D eigenvalue weighted by molar-refractivity contribution is 5.93. The molecule has 0 unspecified atom stereocenters. The number of oxazole rings is 1. The molecule has 0 aliphatic rings. The quantitative estimate of drug-likeness (QED) is 0.721. The van der Waals surface area contributed by atoms with Crippen LogP contribution in [-0.2, 0) is 4.74 Å². The first kappa shape index (κ1) is 12.2. The van der Waals surface area contributed by atoms with Gasteiger partial charge in [0.05, 0.1) is 12.2 Å². The summed E-state index contributed by atoms with van der Waals surface area (Å²) in [6.45, 7) is 2.06. The second-order valence-electron chi connectivity index (χ2n) is 3.79. The van der Waals surface area contributed by atoms with Crippen LogP contribution in [0.2, 0.25) is 0 Å². The molecule has 0 atom stereocenters. The van der Waals surface area contributed by atoms with Crippen LogP contribution in [0.15, 0.2) is 33.4 Å². The van der Waals surface area contributed by atoms with Crippen LogP contribution < -0.4 is 5.32 Å². The Balaban J connectivity index is 1.89. The summed E-state index contributed by atoms with van der Waals surface area (Å²) in [7, 11) is 0. The van der Waals surface area contributed by atoms with Crippen LogP contribution in [0.4, 0.5) is 12.0 Å². The number of esters is 1. The Bertz CT molecular complexity index is 735. The number of carbonyl (C=O) groups excluding carboxylic acids is 1. The third-order valence-electron chi connectivity index (χ3n) is 2.47. The highest BCUT2D eigenvalue weighted by Crippen LogP contribution is 2.22. The number of benzene rings is 1. The van der Waals surface area contributed by atoms with Crippen molar-refractivity contribution in [1.82, 2.24) is 15.2 Å². The second-order valence-corrected chi connectivity index (χ2v) is 3.79. The van der Waals surface area contributed by atoms with Gasteiger partial charge in [-0.05, 0) is 25.1 Å². The SMILES string of the molecule is CCOC(=O)c1ccc2nc(Nc3nnco3)oc2c1. The maximum atomic E-state index is 11.6. The third kappa shape index (κ3) is 2.30. The molecule has 0 radical (unpaired) electrons. The minimum absolute atomic E-state index is 0.169. The normalized spacial score (nSPS) is 10.7. The summed E-state index contributed by atoms with van der Waals surface area (Å²) in [5.74, 6) is -0.405. The van der Waals surface area contributed by atoms with Crippen molar-refractivity contribution < 1.29 is 18.4 Å². The molecule has 20 heavy (non-hydrogen) atoms. The minimum atomic E-state index is -0.405. The van der Waals surface area contributed by atoms with E-state index in [1.54, 1.807) is 25.1 Å². The highest BCUT2D eigenvalue weighted by Gasteiger charge is 2.12. The third-order valence-corrected chi connectivity index (χ3v) is 2.47. The fourth-order valence-corrected chi connectivity index (χ4v) is 1.64. The molecule has 0 saturated carbocycles. The molecule has 3 rings (SSSR count). The number of aromatic nitrogens is 3. The van der Waals surface area contributed by atoms with Gasteiger partial charge in [-0.15, -0.1) is 5.10 Å². The number of rotatable bonds is 4. The molecule has 2 aromatic heterocycles. The predicted molar refractivity (Wildman–Crippen MR) is 67.5 cm³/mol. The zero-order chi connectivity index (χ0) is 13.9. The van der Waals surface area contributed by atoms with E-state index in [0.717, 1.165) is 0 Å². The van der Waals surface area contributed by atoms with Crippen molar-refractivity contribution >= 4 is 29.1 Å². The molecule has 1 aromatic carbocycles. The Hall–Kier alpha value is -2.90. The fourth-order valence-electron chi connectivity index (χ4n) is 1.64. The summed E-state index contributed by atoms with van der Waals surface area (Å²) in [6.07, 6.45) is 1.18. The van der Waals surface area contributed by atoms with Gasteiger partial charge in [0.15, 0.2) is 5.58 Å². The van der Waals surface area contributed by atoms with Crippen LogP contribution >= 0.6 is 0 Å². The Kier molecular flexibility index (Phi) is 3.04. The van der Waals surface area contributed by atoms with Crippen LogP contribution in [0.1, 0.15) is 17.3 Å². The van der Waals surface area contributed by atoms with Crippen molar-refractivity contribution in [2.75, 3.05) is 11.9 Å². The van der Waals surface area contributed by atoms with Gasteiger partial charge in [0.25, 0.3) is 0 Å². The molecule has 0 bridgehead atoms. The molecule has 0 saturated heterocycles. The van der Waals surface area contributed by atoms with Crippen LogP contribution in [0.3, 0.4) is 0 Å². The zero-order valence-electron chi connectivity index (χ0n) is 10.5. The predicted octanol–water partition coefficient (Wildman–Crippen LogP) is 2.13. The fraction of sp³-hybridized carbons (Fsp3) is 0.167. The average molecular weight is 274 g/mol. The minimum Gasteiger partial charge on any atom is -0.462 e. The zero-order valence-corrected chi connectivity index (χ0v) is 10.5. The first-order chi connectivity index (χ1) is 9.76. The number of hydrogen-bond donors (Lipinski definition) is 1. The van der Waals surface area contributed by atoms with Gasteiger partial charge in [-0.25, -0.2) is 4.79 Å². The van der Waals surface area contributed by atoms with Gasteiger partial charge in [-0.2, -0.15) is 4.98 Å². The molecule has 0 aliphatic heterocycles. The van der Waals surface area contributed by atoms with Gasteiger partial charge in [-0.1, -0.05) is 5.10 Å². The topological polar surface area (TPSA) is 103 Å².